The van der Waals surface area contributed by atoms with Gasteiger partial charge in [-0.15, -0.1) is 0 Å². The second kappa shape index (κ2) is 6.59. The molecule has 1 aromatic heterocycles. The highest BCUT2D eigenvalue weighted by molar-refractivity contribution is 5.19. The highest BCUT2D eigenvalue weighted by Gasteiger charge is 2.39. The first-order valence-corrected chi connectivity index (χ1v) is 7.93. The molecule has 22 heavy (non-hydrogen) atoms. The number of alkyl halides is 2. The molecule has 124 valence electrons. The number of hydrogen-bond donors (Lipinski definition) is 2. The first-order chi connectivity index (χ1) is 10.3. The van der Waals surface area contributed by atoms with Crippen molar-refractivity contribution in [1.82, 2.24) is 10.3 Å². The minimum atomic E-state index is -2.36. The van der Waals surface area contributed by atoms with Crippen LogP contribution in [0, 0.1) is 5.41 Å². The number of nitrogens with one attached hydrogen (secondary N) is 1. The molecule has 3 nitrogen and oxygen atoms in total. The molecule has 0 saturated heterocycles. The highest BCUT2D eigenvalue weighted by atomic mass is 19.3. The zero-order valence-electron chi connectivity index (χ0n) is 13.5. The van der Waals surface area contributed by atoms with Gasteiger partial charge in [0.05, 0.1) is 5.60 Å². The Bertz CT molecular complexity index is 471. The molecule has 1 atom stereocenters. The van der Waals surface area contributed by atoms with Gasteiger partial charge in [0, 0.05) is 35.5 Å². The lowest BCUT2D eigenvalue weighted by Crippen LogP contribution is -2.50. The Hall–Kier alpha value is -1.07. The molecular formula is C17H26F2N2O. The normalized spacial score (nSPS) is 27.9. The maximum absolute atomic E-state index is 13.1. The van der Waals surface area contributed by atoms with E-state index in [1.165, 1.54) is 0 Å². The second-order valence-corrected chi connectivity index (χ2v) is 7.06. The number of nitrogens with zero attached hydrogens (tertiary/aromatic N) is 1. The van der Waals surface area contributed by atoms with Crippen LogP contribution in [0.4, 0.5) is 8.78 Å². The van der Waals surface area contributed by atoms with Gasteiger partial charge in [-0.05, 0) is 38.7 Å². The van der Waals surface area contributed by atoms with Crippen LogP contribution in [-0.2, 0) is 5.60 Å². The van der Waals surface area contributed by atoms with Crippen molar-refractivity contribution in [1.29, 1.82) is 0 Å². The molecule has 1 aliphatic carbocycles. The maximum atomic E-state index is 13.1. The van der Waals surface area contributed by atoms with Crippen molar-refractivity contribution in [2.75, 3.05) is 0 Å². The summed E-state index contributed by atoms with van der Waals surface area (Å²) in [5.41, 5.74) is -1.06. The van der Waals surface area contributed by atoms with Crippen LogP contribution in [0.5, 0.6) is 0 Å². The van der Waals surface area contributed by atoms with E-state index >= 15 is 0 Å². The molecule has 0 bridgehead atoms. The smallest absolute Gasteiger partial charge is 0.245 e. The number of aliphatic hydroxyl groups is 1. The zero-order chi connectivity index (χ0) is 16.4. The van der Waals surface area contributed by atoms with Crippen molar-refractivity contribution in [3.63, 3.8) is 0 Å². The van der Waals surface area contributed by atoms with E-state index in [1.807, 2.05) is 19.1 Å². The minimum Gasteiger partial charge on any atom is -0.385 e. The highest BCUT2D eigenvalue weighted by Crippen LogP contribution is 2.37. The largest absolute Gasteiger partial charge is 0.385 e. The van der Waals surface area contributed by atoms with Gasteiger partial charge in [-0.25, -0.2) is 8.78 Å². The fourth-order valence-corrected chi connectivity index (χ4v) is 2.95. The van der Waals surface area contributed by atoms with E-state index in [0.29, 0.717) is 12.8 Å². The van der Waals surface area contributed by atoms with Crippen molar-refractivity contribution < 1.29 is 13.9 Å². The van der Waals surface area contributed by atoms with E-state index in [-0.39, 0.29) is 12.1 Å². The summed E-state index contributed by atoms with van der Waals surface area (Å²) in [5.74, 6) is 0. The molecule has 1 heterocycles. The molecule has 1 aromatic rings. The third-order valence-electron chi connectivity index (χ3n) is 5.18. The quantitative estimate of drug-likeness (QED) is 0.875. The van der Waals surface area contributed by atoms with Crippen LogP contribution < -0.4 is 5.32 Å². The van der Waals surface area contributed by atoms with Crippen LogP contribution in [0.15, 0.2) is 24.5 Å². The SMILES string of the molecule is CC(NC1CCC(O)(c2cccnc2)CC1)C(C)(C)C(F)F. The van der Waals surface area contributed by atoms with Crippen LogP contribution in [0.1, 0.15) is 52.0 Å². The lowest BCUT2D eigenvalue weighted by molar-refractivity contribution is -0.0246. The van der Waals surface area contributed by atoms with Gasteiger partial charge in [0.1, 0.15) is 0 Å². The molecule has 0 spiro atoms. The molecule has 2 N–H and O–H groups in total. The topological polar surface area (TPSA) is 45.1 Å². The van der Waals surface area contributed by atoms with E-state index in [1.54, 1.807) is 26.2 Å². The van der Waals surface area contributed by atoms with E-state index in [9.17, 15) is 13.9 Å². The Morgan fingerprint density at radius 2 is 2.00 bits per heavy atom. The predicted molar refractivity (Wildman–Crippen MR) is 82.8 cm³/mol. The summed E-state index contributed by atoms with van der Waals surface area (Å²) in [5, 5.41) is 14.1. The van der Waals surface area contributed by atoms with Crippen LogP contribution in [0.2, 0.25) is 0 Å². The Labute approximate surface area is 131 Å². The van der Waals surface area contributed by atoms with Gasteiger partial charge in [0.2, 0.25) is 6.43 Å². The van der Waals surface area contributed by atoms with Crippen molar-refractivity contribution in [3.8, 4) is 0 Å². The summed E-state index contributed by atoms with van der Waals surface area (Å²) < 4.78 is 26.1. The minimum absolute atomic E-state index is 0.171. The molecule has 0 aromatic carbocycles. The van der Waals surface area contributed by atoms with Crippen LogP contribution in [0.25, 0.3) is 0 Å². The van der Waals surface area contributed by atoms with Gasteiger partial charge in [0.25, 0.3) is 0 Å². The summed E-state index contributed by atoms with van der Waals surface area (Å²) in [6.45, 7) is 4.99. The molecular weight excluding hydrogens is 286 g/mol. The molecule has 2 rings (SSSR count). The average Bonchev–Trinajstić information content (AvgIpc) is 2.50. The van der Waals surface area contributed by atoms with E-state index in [2.05, 4.69) is 10.3 Å². The summed E-state index contributed by atoms with van der Waals surface area (Å²) in [6.07, 6.45) is 3.83. The molecule has 0 amide bonds. The van der Waals surface area contributed by atoms with E-state index < -0.39 is 17.4 Å². The fraction of sp³-hybridized carbons (Fsp3) is 0.706. The molecule has 1 fully saturated rings. The molecule has 0 aliphatic heterocycles. The number of hydrogen-bond acceptors (Lipinski definition) is 3. The van der Waals surface area contributed by atoms with Crippen molar-refractivity contribution in [2.24, 2.45) is 5.41 Å². The number of rotatable bonds is 5. The Kier molecular flexibility index (Phi) is 5.17. The second-order valence-electron chi connectivity index (χ2n) is 7.06. The van der Waals surface area contributed by atoms with Crippen molar-refractivity contribution >= 4 is 0 Å². The van der Waals surface area contributed by atoms with Crippen molar-refractivity contribution in [3.05, 3.63) is 30.1 Å². The summed E-state index contributed by atoms with van der Waals surface area (Å²) >= 11 is 0. The van der Waals surface area contributed by atoms with E-state index in [4.69, 9.17) is 0 Å². The summed E-state index contributed by atoms with van der Waals surface area (Å²) in [6, 6.07) is 3.61. The standard InChI is InChI=1S/C17H26F2N2O/c1-12(16(2,3)15(18)19)21-14-6-8-17(22,9-7-14)13-5-4-10-20-11-13/h4-5,10-12,14-15,21-22H,6-9H2,1-3H3. The molecule has 1 aliphatic rings. The van der Waals surface area contributed by atoms with Crippen LogP contribution in [-0.4, -0.2) is 28.6 Å². The predicted octanol–water partition coefficient (Wildman–Crippen LogP) is 3.48. The fourth-order valence-electron chi connectivity index (χ4n) is 2.95. The van der Waals surface area contributed by atoms with Crippen LogP contribution >= 0.6 is 0 Å². The number of aromatic nitrogens is 1. The van der Waals surface area contributed by atoms with Crippen LogP contribution in [0.3, 0.4) is 0 Å². The van der Waals surface area contributed by atoms with Gasteiger partial charge in [-0.3, -0.25) is 4.98 Å². The van der Waals surface area contributed by atoms with Gasteiger partial charge >= 0.3 is 0 Å². The zero-order valence-corrected chi connectivity index (χ0v) is 13.5. The molecule has 5 heteroatoms. The Morgan fingerprint density at radius 3 is 2.50 bits per heavy atom. The molecule has 1 saturated carbocycles. The monoisotopic (exact) mass is 312 g/mol. The summed E-state index contributed by atoms with van der Waals surface area (Å²) in [7, 11) is 0. The third-order valence-corrected chi connectivity index (χ3v) is 5.18. The first-order valence-electron chi connectivity index (χ1n) is 7.93. The van der Waals surface area contributed by atoms with Gasteiger partial charge in [0.15, 0.2) is 0 Å². The van der Waals surface area contributed by atoms with Crippen molar-refractivity contribution in [2.45, 2.75) is 70.6 Å². The Balaban J connectivity index is 1.93. The average molecular weight is 312 g/mol. The number of halogens is 2. The lowest BCUT2D eigenvalue weighted by atomic mass is 9.77. The number of pyridine rings is 1. The van der Waals surface area contributed by atoms with Gasteiger partial charge in [-0.2, -0.15) is 0 Å². The summed E-state index contributed by atoms with van der Waals surface area (Å²) in [4.78, 5) is 4.07. The van der Waals surface area contributed by atoms with E-state index in [0.717, 1.165) is 18.4 Å². The molecule has 1 unspecified atom stereocenters. The third kappa shape index (κ3) is 3.63. The van der Waals surface area contributed by atoms with Gasteiger partial charge in [-0.1, -0.05) is 19.9 Å². The van der Waals surface area contributed by atoms with Gasteiger partial charge < -0.3 is 10.4 Å². The molecule has 0 radical (unpaired) electrons. The Morgan fingerprint density at radius 1 is 1.36 bits per heavy atom. The lowest BCUT2D eigenvalue weighted by Gasteiger charge is -2.40. The first kappa shape index (κ1) is 17.3. The maximum Gasteiger partial charge on any atom is 0.245 e.